The van der Waals surface area contributed by atoms with E-state index in [1.54, 1.807) is 4.68 Å². The standard InChI is InChI=1S/C10H12N6O2S/c17-15-2-1-11-8(7-15)9-12-13-10(19)16(9)14-3-5-18-6-4-14/h1-2,7H,3-6H2,(H,13,19). The van der Waals surface area contributed by atoms with Gasteiger partial charge in [0, 0.05) is 0 Å². The van der Waals surface area contributed by atoms with Gasteiger partial charge < -0.3 is 15.0 Å². The number of aromatic amines is 1. The van der Waals surface area contributed by atoms with Crippen LogP contribution in [0.5, 0.6) is 0 Å². The van der Waals surface area contributed by atoms with Crippen molar-refractivity contribution in [2.24, 2.45) is 0 Å². The van der Waals surface area contributed by atoms with Gasteiger partial charge in [0.25, 0.3) is 0 Å². The van der Waals surface area contributed by atoms with Gasteiger partial charge in [0.2, 0.25) is 16.8 Å². The van der Waals surface area contributed by atoms with Gasteiger partial charge in [-0.05, 0) is 12.2 Å². The summed E-state index contributed by atoms with van der Waals surface area (Å²) in [5.41, 5.74) is 0.469. The first-order valence-electron chi connectivity index (χ1n) is 5.81. The fourth-order valence-electron chi connectivity index (χ4n) is 1.97. The van der Waals surface area contributed by atoms with Crippen molar-refractivity contribution in [2.45, 2.75) is 0 Å². The van der Waals surface area contributed by atoms with Gasteiger partial charge in [-0.1, -0.05) is 0 Å². The molecule has 0 aromatic carbocycles. The van der Waals surface area contributed by atoms with Gasteiger partial charge in [0.15, 0.2) is 11.9 Å². The van der Waals surface area contributed by atoms with Crippen LogP contribution in [0.1, 0.15) is 0 Å². The summed E-state index contributed by atoms with van der Waals surface area (Å²) in [6, 6.07) is 0. The van der Waals surface area contributed by atoms with E-state index >= 15 is 0 Å². The van der Waals surface area contributed by atoms with Crippen molar-refractivity contribution in [1.29, 1.82) is 0 Å². The summed E-state index contributed by atoms with van der Waals surface area (Å²) in [5.74, 6) is 0.525. The highest BCUT2D eigenvalue weighted by atomic mass is 32.1. The van der Waals surface area contributed by atoms with Crippen molar-refractivity contribution in [1.82, 2.24) is 19.9 Å². The Morgan fingerprint density at radius 2 is 2.21 bits per heavy atom. The van der Waals surface area contributed by atoms with Crippen molar-refractivity contribution in [3.8, 4) is 11.5 Å². The van der Waals surface area contributed by atoms with Crippen LogP contribution in [0.25, 0.3) is 11.5 Å². The summed E-state index contributed by atoms with van der Waals surface area (Å²) in [7, 11) is 0. The minimum Gasteiger partial charge on any atom is -0.619 e. The molecule has 9 heteroatoms. The predicted molar refractivity (Wildman–Crippen MR) is 68.4 cm³/mol. The van der Waals surface area contributed by atoms with Crippen molar-refractivity contribution >= 4 is 12.2 Å². The van der Waals surface area contributed by atoms with Crippen molar-refractivity contribution in [3.63, 3.8) is 0 Å². The molecule has 0 radical (unpaired) electrons. The number of hydrogen-bond acceptors (Lipinski definition) is 6. The van der Waals surface area contributed by atoms with Gasteiger partial charge in [-0.25, -0.2) is 14.8 Å². The molecule has 2 aromatic heterocycles. The third kappa shape index (κ3) is 2.29. The fourth-order valence-corrected chi connectivity index (χ4v) is 2.21. The third-order valence-corrected chi connectivity index (χ3v) is 3.09. The molecule has 0 amide bonds. The molecule has 0 atom stereocenters. The second-order valence-corrected chi connectivity index (χ2v) is 4.42. The number of nitrogens with one attached hydrogen (secondary N) is 1. The summed E-state index contributed by atoms with van der Waals surface area (Å²) in [5, 5.41) is 20.2. The predicted octanol–water partition coefficient (Wildman–Crippen LogP) is -0.396. The molecule has 1 aliphatic heterocycles. The Morgan fingerprint density at radius 1 is 1.42 bits per heavy atom. The largest absolute Gasteiger partial charge is 0.619 e. The van der Waals surface area contributed by atoms with E-state index < -0.39 is 0 Å². The van der Waals surface area contributed by atoms with Gasteiger partial charge >= 0.3 is 0 Å². The van der Waals surface area contributed by atoms with E-state index in [2.05, 4.69) is 15.2 Å². The Balaban J connectivity index is 2.05. The molecule has 0 saturated carbocycles. The number of hydrogen-bond donors (Lipinski definition) is 1. The number of rotatable bonds is 2. The molecule has 0 aliphatic carbocycles. The number of morpholine rings is 1. The van der Waals surface area contributed by atoms with E-state index in [1.807, 2.05) is 5.01 Å². The maximum absolute atomic E-state index is 11.3. The topological polar surface area (TPSA) is 85.9 Å². The average Bonchev–Trinajstić information content (AvgIpc) is 2.82. The van der Waals surface area contributed by atoms with Crippen LogP contribution in [-0.2, 0) is 4.74 Å². The van der Waals surface area contributed by atoms with Crippen LogP contribution in [-0.4, -0.2) is 46.2 Å². The van der Waals surface area contributed by atoms with Crippen LogP contribution in [0.15, 0.2) is 18.6 Å². The molecule has 100 valence electrons. The van der Waals surface area contributed by atoms with Crippen LogP contribution in [0.3, 0.4) is 0 Å². The first kappa shape index (κ1) is 12.1. The maximum atomic E-state index is 11.3. The smallest absolute Gasteiger partial charge is 0.214 e. The van der Waals surface area contributed by atoms with Crippen molar-refractivity contribution in [3.05, 3.63) is 28.6 Å². The SMILES string of the molecule is [O-][n+]1ccnc(-c2n[nH]c(=S)n2N2CCOCC2)c1. The molecule has 0 bridgehead atoms. The minimum atomic E-state index is 0.469. The van der Waals surface area contributed by atoms with E-state index in [9.17, 15) is 5.21 Å². The number of H-pyrrole nitrogens is 1. The monoisotopic (exact) mass is 280 g/mol. The van der Waals surface area contributed by atoms with Crippen LogP contribution >= 0.6 is 12.2 Å². The summed E-state index contributed by atoms with van der Waals surface area (Å²) < 4.78 is 8.23. The molecule has 2 aromatic rings. The van der Waals surface area contributed by atoms with E-state index in [0.717, 1.165) is 0 Å². The minimum absolute atomic E-state index is 0.469. The Labute approximate surface area is 113 Å². The zero-order chi connectivity index (χ0) is 13.2. The van der Waals surface area contributed by atoms with E-state index in [1.165, 1.54) is 18.6 Å². The first-order chi connectivity index (χ1) is 9.25. The second kappa shape index (κ2) is 4.94. The highest BCUT2D eigenvalue weighted by Gasteiger charge is 2.19. The summed E-state index contributed by atoms with van der Waals surface area (Å²) >= 11 is 5.24. The van der Waals surface area contributed by atoms with Crippen LogP contribution in [0.4, 0.5) is 0 Å². The number of nitrogens with zero attached hydrogens (tertiary/aromatic N) is 5. The summed E-state index contributed by atoms with van der Waals surface area (Å²) in [4.78, 5) is 4.15. The van der Waals surface area contributed by atoms with Gasteiger partial charge in [-0.2, -0.15) is 9.83 Å². The molecule has 3 rings (SSSR count). The molecule has 0 spiro atoms. The molecule has 0 unspecified atom stereocenters. The first-order valence-corrected chi connectivity index (χ1v) is 6.22. The van der Waals surface area contributed by atoms with E-state index in [0.29, 0.717) is 47.3 Å². The van der Waals surface area contributed by atoms with Gasteiger partial charge in [0.05, 0.1) is 32.5 Å². The molecule has 1 aliphatic rings. The molecule has 1 fully saturated rings. The van der Waals surface area contributed by atoms with Gasteiger partial charge in [0.1, 0.15) is 0 Å². The lowest BCUT2D eigenvalue weighted by Crippen LogP contribution is -2.44. The van der Waals surface area contributed by atoms with Gasteiger partial charge in [-0.15, -0.1) is 0 Å². The van der Waals surface area contributed by atoms with Crippen LogP contribution < -0.4 is 9.74 Å². The summed E-state index contributed by atoms with van der Waals surface area (Å²) in [6.07, 6.45) is 4.12. The molecule has 1 saturated heterocycles. The van der Waals surface area contributed by atoms with Crippen LogP contribution in [0, 0.1) is 9.98 Å². The zero-order valence-corrected chi connectivity index (χ0v) is 10.8. The van der Waals surface area contributed by atoms with Crippen molar-refractivity contribution < 1.29 is 9.47 Å². The van der Waals surface area contributed by atoms with Crippen LogP contribution in [0.2, 0.25) is 0 Å². The molecule has 3 heterocycles. The fraction of sp³-hybridized carbons (Fsp3) is 0.400. The second-order valence-electron chi connectivity index (χ2n) is 4.03. The number of ether oxygens (including phenoxy) is 1. The molecular formula is C10H12N6O2S. The Hall–Kier alpha value is -2.00. The molecule has 8 nitrogen and oxygen atoms in total. The highest BCUT2D eigenvalue weighted by molar-refractivity contribution is 7.71. The number of aromatic nitrogens is 5. The van der Waals surface area contributed by atoms with Crippen molar-refractivity contribution in [2.75, 3.05) is 31.3 Å². The third-order valence-electron chi connectivity index (χ3n) is 2.83. The average molecular weight is 280 g/mol. The quantitative estimate of drug-likeness (QED) is 0.458. The Kier molecular flexibility index (Phi) is 3.13. The molecule has 19 heavy (non-hydrogen) atoms. The molecule has 1 N–H and O–H groups in total. The van der Waals surface area contributed by atoms with E-state index in [4.69, 9.17) is 17.0 Å². The zero-order valence-electron chi connectivity index (χ0n) is 10.0. The lowest BCUT2D eigenvalue weighted by molar-refractivity contribution is -0.605. The normalized spacial score (nSPS) is 15.7. The Morgan fingerprint density at radius 3 is 2.95 bits per heavy atom. The maximum Gasteiger partial charge on any atom is 0.214 e. The molecular weight excluding hydrogens is 268 g/mol. The Bertz CT molecular complexity index is 633. The lowest BCUT2D eigenvalue weighted by Gasteiger charge is -2.29. The lowest BCUT2D eigenvalue weighted by atomic mass is 10.4. The van der Waals surface area contributed by atoms with Gasteiger partial charge in [-0.3, -0.25) is 0 Å². The van der Waals surface area contributed by atoms with E-state index in [-0.39, 0.29) is 0 Å². The summed E-state index contributed by atoms with van der Waals surface area (Å²) in [6.45, 7) is 2.70. The highest BCUT2D eigenvalue weighted by Crippen LogP contribution is 2.13.